The third kappa shape index (κ3) is 7.60. The Morgan fingerprint density at radius 2 is 1.55 bits per heavy atom. The molecule has 0 saturated heterocycles. The summed E-state index contributed by atoms with van der Waals surface area (Å²) in [5.41, 5.74) is 4.58. The van der Waals surface area contributed by atoms with E-state index in [1.807, 2.05) is 63.2 Å². The summed E-state index contributed by atoms with van der Waals surface area (Å²) >= 11 is 0. The molecule has 1 N–H and O–H groups in total. The van der Waals surface area contributed by atoms with Crippen LogP contribution in [0, 0.1) is 20.8 Å². The Labute approximate surface area is 197 Å². The van der Waals surface area contributed by atoms with Crippen LogP contribution in [0.3, 0.4) is 0 Å². The molecule has 0 aliphatic heterocycles. The zero-order valence-corrected chi connectivity index (χ0v) is 21.2. The van der Waals surface area contributed by atoms with Gasteiger partial charge in [-0.05, 0) is 62.9 Å². The third-order valence-corrected chi connectivity index (χ3v) is 6.73. The molecule has 0 radical (unpaired) electrons. The number of nitrogens with one attached hydrogen (secondary N) is 1. The lowest BCUT2D eigenvalue weighted by molar-refractivity contribution is -0.140. The maximum Gasteiger partial charge on any atom is 0.242 e. The average molecular weight is 474 g/mol. The van der Waals surface area contributed by atoms with Crippen molar-refractivity contribution in [1.82, 2.24) is 10.2 Å². The third-order valence-electron chi connectivity index (χ3n) is 5.53. The monoisotopic (exact) mass is 473 g/mol. The second-order valence-corrected chi connectivity index (χ2v) is 10.5. The second kappa shape index (κ2) is 11.3. The highest BCUT2D eigenvalue weighted by molar-refractivity contribution is 7.92. The molecule has 2 rings (SSSR count). The molecule has 0 bridgehead atoms. The maximum atomic E-state index is 13.1. The van der Waals surface area contributed by atoms with E-state index in [2.05, 4.69) is 5.32 Å². The Hall–Kier alpha value is -2.87. The van der Waals surface area contributed by atoms with Gasteiger partial charge in [0, 0.05) is 26.6 Å². The maximum absolute atomic E-state index is 13.1. The number of carbonyl (C=O) groups excluding carboxylic acids is 2. The summed E-state index contributed by atoms with van der Waals surface area (Å²) in [5.74, 6) is -0.441. The van der Waals surface area contributed by atoms with Gasteiger partial charge in [0.25, 0.3) is 0 Å². The minimum absolute atomic E-state index is 0.129. The minimum atomic E-state index is -3.51. The Morgan fingerprint density at radius 1 is 0.970 bits per heavy atom. The lowest BCUT2D eigenvalue weighted by Crippen LogP contribution is -2.46. The first kappa shape index (κ1) is 26.4. The van der Waals surface area contributed by atoms with Gasteiger partial charge < -0.3 is 10.2 Å². The summed E-state index contributed by atoms with van der Waals surface area (Å²) < 4.78 is 26.2. The van der Waals surface area contributed by atoms with Gasteiger partial charge in [0.1, 0.15) is 6.04 Å². The van der Waals surface area contributed by atoms with Gasteiger partial charge in [-0.1, -0.05) is 35.9 Å². The Bertz CT molecular complexity index is 1060. The highest BCUT2D eigenvalue weighted by atomic mass is 32.2. The van der Waals surface area contributed by atoms with Gasteiger partial charge in [0.15, 0.2) is 0 Å². The van der Waals surface area contributed by atoms with Gasteiger partial charge in [-0.15, -0.1) is 0 Å². The molecule has 0 aromatic heterocycles. The summed E-state index contributed by atoms with van der Waals surface area (Å²) in [7, 11) is -1.97. The van der Waals surface area contributed by atoms with Crippen molar-refractivity contribution in [3.8, 4) is 0 Å². The quantitative estimate of drug-likeness (QED) is 0.574. The van der Waals surface area contributed by atoms with E-state index in [1.165, 1.54) is 10.6 Å². The number of hydrogen-bond acceptors (Lipinski definition) is 4. The molecule has 2 aromatic rings. The number of anilines is 1. The van der Waals surface area contributed by atoms with E-state index in [9.17, 15) is 18.0 Å². The van der Waals surface area contributed by atoms with Crippen molar-refractivity contribution in [3.05, 3.63) is 64.7 Å². The van der Waals surface area contributed by atoms with Crippen LogP contribution in [0.2, 0.25) is 0 Å². The summed E-state index contributed by atoms with van der Waals surface area (Å²) in [6.45, 7) is 8.01. The van der Waals surface area contributed by atoms with Crippen molar-refractivity contribution in [1.29, 1.82) is 0 Å². The topological polar surface area (TPSA) is 86.8 Å². The number of likely N-dealkylation sites (N-methyl/N-ethyl adjacent to an activating group) is 1. The fourth-order valence-corrected chi connectivity index (χ4v) is 4.73. The highest BCUT2D eigenvalue weighted by Crippen LogP contribution is 2.22. The predicted octanol–water partition coefficient (Wildman–Crippen LogP) is 3.32. The van der Waals surface area contributed by atoms with Crippen LogP contribution in [0.4, 0.5) is 5.69 Å². The molecular weight excluding hydrogens is 438 g/mol. The van der Waals surface area contributed by atoms with Crippen molar-refractivity contribution in [2.45, 2.75) is 53.1 Å². The molecule has 0 unspecified atom stereocenters. The molecule has 7 nitrogen and oxygen atoms in total. The van der Waals surface area contributed by atoms with E-state index in [-0.39, 0.29) is 24.8 Å². The lowest BCUT2D eigenvalue weighted by atomic mass is 10.1. The number of rotatable bonds is 10. The first-order valence-corrected chi connectivity index (χ1v) is 12.9. The molecule has 1 atom stereocenters. The van der Waals surface area contributed by atoms with Crippen LogP contribution in [-0.2, 0) is 26.2 Å². The summed E-state index contributed by atoms with van der Waals surface area (Å²) in [4.78, 5) is 26.9. The zero-order chi connectivity index (χ0) is 24.8. The number of nitrogens with zero attached hydrogens (tertiary/aromatic N) is 2. The largest absolute Gasteiger partial charge is 0.357 e. The number of benzene rings is 2. The Morgan fingerprint density at radius 3 is 2.06 bits per heavy atom. The van der Waals surface area contributed by atoms with Crippen molar-refractivity contribution < 1.29 is 18.0 Å². The predicted molar refractivity (Wildman–Crippen MR) is 133 cm³/mol. The molecule has 0 heterocycles. The second-order valence-electron chi connectivity index (χ2n) is 8.58. The van der Waals surface area contributed by atoms with E-state index in [0.717, 1.165) is 22.3 Å². The molecular formula is C25H35N3O4S. The van der Waals surface area contributed by atoms with Gasteiger partial charge in [-0.3, -0.25) is 13.9 Å². The molecule has 0 aliphatic rings. The van der Waals surface area contributed by atoms with Crippen molar-refractivity contribution in [2.75, 3.05) is 24.2 Å². The van der Waals surface area contributed by atoms with E-state index in [0.29, 0.717) is 18.7 Å². The van der Waals surface area contributed by atoms with Gasteiger partial charge in [0.05, 0.1) is 11.9 Å². The fraction of sp³-hybridized carbons (Fsp3) is 0.440. The number of aryl methyl sites for hydroxylation is 3. The van der Waals surface area contributed by atoms with Crippen molar-refractivity contribution in [2.24, 2.45) is 0 Å². The molecule has 0 aliphatic carbocycles. The SMILES string of the molecule is CNC(=O)[C@H](C)N(Cc1ccc(C)cc1)C(=O)CCCN(c1cc(C)cc(C)c1)S(C)(=O)=O. The normalized spacial score (nSPS) is 12.2. The summed E-state index contributed by atoms with van der Waals surface area (Å²) in [5, 5.41) is 2.60. The highest BCUT2D eigenvalue weighted by Gasteiger charge is 2.26. The van der Waals surface area contributed by atoms with Crippen LogP contribution >= 0.6 is 0 Å². The minimum Gasteiger partial charge on any atom is -0.357 e. The van der Waals surface area contributed by atoms with Gasteiger partial charge in [-0.25, -0.2) is 8.42 Å². The van der Waals surface area contributed by atoms with Crippen LogP contribution in [0.5, 0.6) is 0 Å². The van der Waals surface area contributed by atoms with E-state index >= 15 is 0 Å². The molecule has 2 aromatic carbocycles. The van der Waals surface area contributed by atoms with Crippen LogP contribution < -0.4 is 9.62 Å². The first-order chi connectivity index (χ1) is 15.4. The van der Waals surface area contributed by atoms with Crippen LogP contribution in [-0.4, -0.2) is 51.0 Å². The van der Waals surface area contributed by atoms with Gasteiger partial charge in [-0.2, -0.15) is 0 Å². The molecule has 33 heavy (non-hydrogen) atoms. The van der Waals surface area contributed by atoms with E-state index < -0.39 is 16.1 Å². The number of carbonyl (C=O) groups is 2. The fourth-order valence-electron chi connectivity index (χ4n) is 3.78. The lowest BCUT2D eigenvalue weighted by Gasteiger charge is -2.29. The van der Waals surface area contributed by atoms with Crippen LogP contribution in [0.25, 0.3) is 0 Å². The van der Waals surface area contributed by atoms with Gasteiger partial charge in [0.2, 0.25) is 21.8 Å². The smallest absolute Gasteiger partial charge is 0.242 e. The van der Waals surface area contributed by atoms with Crippen LogP contribution in [0.15, 0.2) is 42.5 Å². The standard InChI is InChI=1S/C25H35N3O4S/c1-18-9-11-22(12-10-18)17-27(21(4)25(30)26-5)24(29)8-7-13-28(33(6,31)32)23-15-19(2)14-20(3)16-23/h9-12,14-16,21H,7-8,13,17H2,1-6H3,(H,26,30)/t21-/m0/s1. The molecule has 2 amide bonds. The van der Waals surface area contributed by atoms with Crippen molar-refractivity contribution in [3.63, 3.8) is 0 Å². The first-order valence-electron chi connectivity index (χ1n) is 11.0. The molecule has 8 heteroatoms. The summed E-state index contributed by atoms with van der Waals surface area (Å²) in [6, 6.07) is 12.8. The van der Waals surface area contributed by atoms with E-state index in [4.69, 9.17) is 0 Å². The summed E-state index contributed by atoms with van der Waals surface area (Å²) in [6.07, 6.45) is 1.64. The zero-order valence-electron chi connectivity index (χ0n) is 20.4. The number of hydrogen-bond donors (Lipinski definition) is 1. The molecule has 0 fully saturated rings. The molecule has 180 valence electrons. The van der Waals surface area contributed by atoms with Crippen LogP contribution in [0.1, 0.15) is 42.0 Å². The molecule has 0 saturated carbocycles. The van der Waals surface area contributed by atoms with Crippen molar-refractivity contribution >= 4 is 27.5 Å². The Balaban J connectivity index is 2.16. The number of sulfonamides is 1. The van der Waals surface area contributed by atoms with E-state index in [1.54, 1.807) is 18.9 Å². The Kier molecular flexibility index (Phi) is 9.05. The molecule has 0 spiro atoms. The number of amides is 2. The average Bonchev–Trinajstić information content (AvgIpc) is 2.73. The van der Waals surface area contributed by atoms with Gasteiger partial charge >= 0.3 is 0 Å².